The van der Waals surface area contributed by atoms with Crippen molar-refractivity contribution in [3.8, 4) is 5.75 Å². The molecule has 0 radical (unpaired) electrons. The quantitative estimate of drug-likeness (QED) is 0.502. The zero-order chi connectivity index (χ0) is 24.0. The van der Waals surface area contributed by atoms with Gasteiger partial charge in [0.2, 0.25) is 15.9 Å². The highest BCUT2D eigenvalue weighted by Crippen LogP contribution is 2.22. The van der Waals surface area contributed by atoms with Crippen LogP contribution in [0.2, 0.25) is 0 Å². The minimum atomic E-state index is -3.93. The van der Waals surface area contributed by atoms with Gasteiger partial charge in [0.15, 0.2) is 0 Å². The first-order valence-corrected chi connectivity index (χ1v) is 12.2. The highest BCUT2D eigenvalue weighted by molar-refractivity contribution is 7.89. The molecule has 0 bridgehead atoms. The van der Waals surface area contributed by atoms with E-state index in [0.717, 1.165) is 16.7 Å². The largest absolute Gasteiger partial charge is 0.496 e. The van der Waals surface area contributed by atoms with Crippen LogP contribution in [0.3, 0.4) is 0 Å². The molecule has 0 aromatic heterocycles. The fraction of sp³-hybridized carbons (Fsp3) is 0.269. The lowest BCUT2D eigenvalue weighted by atomic mass is 10.1. The lowest BCUT2D eigenvalue weighted by molar-refractivity contribution is -0.122. The number of ether oxygens (including phenoxy) is 1. The molecule has 7 heteroatoms. The maximum Gasteiger partial charge on any atom is 0.241 e. The molecule has 0 saturated heterocycles. The average molecular weight is 467 g/mol. The topological polar surface area (TPSA) is 84.5 Å². The molecule has 3 rings (SSSR count). The molecule has 3 aromatic rings. The van der Waals surface area contributed by atoms with E-state index in [0.29, 0.717) is 16.9 Å². The number of hydrogen-bond donors (Lipinski definition) is 2. The molecule has 0 unspecified atom stereocenters. The normalized spacial score (nSPS) is 12.2. The molecule has 0 saturated carbocycles. The Kier molecular flexibility index (Phi) is 7.89. The van der Waals surface area contributed by atoms with E-state index in [-0.39, 0.29) is 17.9 Å². The maximum atomic E-state index is 13.4. The molecular formula is C26H30N2O4S. The van der Waals surface area contributed by atoms with Crippen LogP contribution in [-0.2, 0) is 27.8 Å². The van der Waals surface area contributed by atoms with Crippen molar-refractivity contribution < 1.29 is 17.9 Å². The van der Waals surface area contributed by atoms with Gasteiger partial charge in [-0.1, -0.05) is 66.2 Å². The number of benzene rings is 3. The fourth-order valence-corrected chi connectivity index (χ4v) is 5.68. The number of aryl methyl sites for hydroxylation is 3. The molecule has 0 fully saturated rings. The lowest BCUT2D eigenvalue weighted by Crippen LogP contribution is -2.48. The number of para-hydroxylation sites is 1. The Morgan fingerprint density at radius 3 is 2.18 bits per heavy atom. The first kappa shape index (κ1) is 24.5. The van der Waals surface area contributed by atoms with E-state index in [1.54, 1.807) is 21.0 Å². The van der Waals surface area contributed by atoms with E-state index in [1.165, 1.54) is 0 Å². The lowest BCUT2D eigenvalue weighted by Gasteiger charge is -2.21. The molecule has 1 atom stereocenters. The highest BCUT2D eigenvalue weighted by Gasteiger charge is 2.28. The van der Waals surface area contributed by atoms with Crippen molar-refractivity contribution in [3.63, 3.8) is 0 Å². The molecule has 0 aliphatic carbocycles. The maximum absolute atomic E-state index is 13.4. The summed E-state index contributed by atoms with van der Waals surface area (Å²) in [6.45, 7) is 5.68. The number of rotatable bonds is 9. The molecule has 1 amide bonds. The Labute approximate surface area is 196 Å². The minimum Gasteiger partial charge on any atom is -0.496 e. The van der Waals surface area contributed by atoms with E-state index in [4.69, 9.17) is 4.74 Å². The van der Waals surface area contributed by atoms with Crippen molar-refractivity contribution in [2.75, 3.05) is 7.11 Å². The van der Waals surface area contributed by atoms with Crippen molar-refractivity contribution in [3.05, 3.63) is 94.5 Å². The Morgan fingerprint density at radius 1 is 0.939 bits per heavy atom. The number of sulfonamides is 1. The molecule has 0 aliphatic rings. The number of amides is 1. The van der Waals surface area contributed by atoms with Crippen molar-refractivity contribution >= 4 is 15.9 Å². The van der Waals surface area contributed by atoms with Crippen molar-refractivity contribution in [2.45, 2.75) is 44.7 Å². The smallest absolute Gasteiger partial charge is 0.241 e. The van der Waals surface area contributed by atoms with E-state index < -0.39 is 22.0 Å². The van der Waals surface area contributed by atoms with Crippen LogP contribution in [0.1, 0.15) is 27.8 Å². The molecule has 2 N–H and O–H groups in total. The molecule has 6 nitrogen and oxygen atoms in total. The zero-order valence-electron chi connectivity index (χ0n) is 19.4. The van der Waals surface area contributed by atoms with E-state index in [9.17, 15) is 13.2 Å². The molecule has 33 heavy (non-hydrogen) atoms. The van der Waals surface area contributed by atoms with Crippen LogP contribution in [0, 0.1) is 20.8 Å². The minimum absolute atomic E-state index is 0.212. The summed E-state index contributed by atoms with van der Waals surface area (Å²) in [5.41, 5.74) is 3.94. The van der Waals surface area contributed by atoms with Crippen LogP contribution < -0.4 is 14.8 Å². The summed E-state index contributed by atoms with van der Waals surface area (Å²) < 4.78 is 34.7. The third kappa shape index (κ3) is 6.21. The van der Waals surface area contributed by atoms with Gasteiger partial charge < -0.3 is 10.1 Å². The van der Waals surface area contributed by atoms with E-state index >= 15 is 0 Å². The summed E-state index contributed by atoms with van der Waals surface area (Å²) in [4.78, 5) is 13.4. The molecular weight excluding hydrogens is 436 g/mol. The molecule has 3 aromatic carbocycles. The van der Waals surface area contributed by atoms with Gasteiger partial charge in [-0.05, 0) is 49.9 Å². The second-order valence-electron chi connectivity index (χ2n) is 8.12. The van der Waals surface area contributed by atoms with E-state index in [2.05, 4.69) is 10.0 Å². The molecule has 0 aliphatic heterocycles. The summed E-state index contributed by atoms with van der Waals surface area (Å²) in [6.07, 6.45) is 0.224. The van der Waals surface area contributed by atoms with Crippen LogP contribution in [0.15, 0.2) is 71.6 Å². The predicted octanol–water partition coefficient (Wildman–Crippen LogP) is 3.83. The third-order valence-corrected chi connectivity index (χ3v) is 7.19. The van der Waals surface area contributed by atoms with Crippen molar-refractivity contribution in [1.29, 1.82) is 0 Å². The molecule has 174 valence electrons. The van der Waals surface area contributed by atoms with Gasteiger partial charge in [0.1, 0.15) is 11.8 Å². The monoisotopic (exact) mass is 466 g/mol. The Bertz CT molecular complexity index is 1200. The van der Waals surface area contributed by atoms with Gasteiger partial charge in [0.05, 0.1) is 12.0 Å². The Hall–Kier alpha value is -3.16. The SMILES string of the molecule is COc1ccccc1CNC(=O)[C@@H](Cc1ccccc1)NS(=O)(=O)c1c(C)cc(C)cc1C. The number of carbonyl (C=O) groups is 1. The molecule has 0 heterocycles. The van der Waals surface area contributed by atoms with Crippen LogP contribution in [0.25, 0.3) is 0 Å². The Morgan fingerprint density at radius 2 is 1.55 bits per heavy atom. The van der Waals surface area contributed by atoms with Gasteiger partial charge in [-0.3, -0.25) is 4.79 Å². The number of methoxy groups -OCH3 is 1. The summed E-state index contributed by atoms with van der Waals surface area (Å²) in [7, 11) is -2.37. The number of carbonyl (C=O) groups excluding carboxylic acids is 1. The Balaban J connectivity index is 1.87. The van der Waals surface area contributed by atoms with Crippen LogP contribution in [-0.4, -0.2) is 27.5 Å². The van der Waals surface area contributed by atoms with Crippen LogP contribution in [0.4, 0.5) is 0 Å². The second-order valence-corrected chi connectivity index (χ2v) is 9.77. The predicted molar refractivity (Wildman–Crippen MR) is 130 cm³/mol. The van der Waals surface area contributed by atoms with Crippen molar-refractivity contribution in [1.82, 2.24) is 10.0 Å². The molecule has 0 spiro atoms. The summed E-state index contributed by atoms with van der Waals surface area (Å²) in [5.74, 6) is 0.250. The summed E-state index contributed by atoms with van der Waals surface area (Å²) in [5, 5.41) is 2.86. The van der Waals surface area contributed by atoms with Gasteiger partial charge in [-0.25, -0.2) is 8.42 Å². The summed E-state index contributed by atoms with van der Waals surface area (Å²) in [6, 6.07) is 19.4. The van der Waals surface area contributed by atoms with Crippen molar-refractivity contribution in [2.24, 2.45) is 0 Å². The fourth-order valence-electron chi connectivity index (χ4n) is 4.03. The first-order valence-electron chi connectivity index (χ1n) is 10.7. The van der Waals surface area contributed by atoms with Crippen LogP contribution >= 0.6 is 0 Å². The van der Waals surface area contributed by atoms with Gasteiger partial charge in [0.25, 0.3) is 0 Å². The number of nitrogens with one attached hydrogen (secondary N) is 2. The van der Waals surface area contributed by atoms with Gasteiger partial charge >= 0.3 is 0 Å². The zero-order valence-corrected chi connectivity index (χ0v) is 20.2. The number of hydrogen-bond acceptors (Lipinski definition) is 4. The first-order chi connectivity index (χ1) is 15.7. The standard InChI is InChI=1S/C26H30N2O4S/c1-18-14-19(2)25(20(3)15-18)33(30,31)28-23(16-21-10-6-5-7-11-21)26(29)27-17-22-12-8-9-13-24(22)32-4/h5-15,23,28H,16-17H2,1-4H3,(H,27,29)/t23-/m1/s1. The van der Waals surface area contributed by atoms with E-state index in [1.807, 2.05) is 73.7 Å². The average Bonchev–Trinajstić information content (AvgIpc) is 2.76. The van der Waals surface area contributed by atoms with Gasteiger partial charge in [-0.15, -0.1) is 0 Å². The van der Waals surface area contributed by atoms with Gasteiger partial charge in [-0.2, -0.15) is 4.72 Å². The second kappa shape index (κ2) is 10.6. The highest BCUT2D eigenvalue weighted by atomic mass is 32.2. The van der Waals surface area contributed by atoms with Crippen LogP contribution in [0.5, 0.6) is 5.75 Å². The summed E-state index contributed by atoms with van der Waals surface area (Å²) >= 11 is 0. The van der Waals surface area contributed by atoms with Gasteiger partial charge in [0, 0.05) is 12.1 Å². The third-order valence-electron chi connectivity index (χ3n) is 5.42.